The van der Waals surface area contributed by atoms with Crippen molar-refractivity contribution in [2.24, 2.45) is 5.92 Å². The number of rotatable bonds is 17. The second-order valence-corrected chi connectivity index (χ2v) is 22.3. The van der Waals surface area contributed by atoms with Crippen LogP contribution in [0.3, 0.4) is 0 Å². The number of ether oxygens (including phenoxy) is 2. The van der Waals surface area contributed by atoms with Gasteiger partial charge in [0.05, 0.1) is 23.7 Å². The van der Waals surface area contributed by atoms with Crippen LogP contribution in [0.15, 0.2) is 18.2 Å². The molecule has 1 saturated carbocycles. The number of imidazole rings is 1. The molecule has 0 aliphatic heterocycles. The zero-order valence-corrected chi connectivity index (χ0v) is 29.8. The number of nitrogens with one attached hydrogen (secondary N) is 2. The smallest absolute Gasteiger partial charge is 0.269 e. The summed E-state index contributed by atoms with van der Waals surface area (Å²) in [7, 11) is -1.41. The first-order valence-electron chi connectivity index (χ1n) is 15.6. The number of carbonyl (C=O) groups excluding carboxylic acids is 1. The van der Waals surface area contributed by atoms with Gasteiger partial charge in [-0.1, -0.05) is 25.7 Å². The molecule has 0 saturated heterocycles. The van der Waals surface area contributed by atoms with E-state index < -0.39 is 67.5 Å². The minimum absolute atomic E-state index is 0.0182. The van der Waals surface area contributed by atoms with Crippen LogP contribution in [0.25, 0.3) is 11.0 Å². The van der Waals surface area contributed by atoms with Gasteiger partial charge in [0.15, 0.2) is 5.60 Å². The van der Waals surface area contributed by atoms with Crippen LogP contribution in [0.5, 0.6) is 0 Å². The minimum atomic E-state index is -3.10. The van der Waals surface area contributed by atoms with E-state index in [-0.39, 0.29) is 37.8 Å². The summed E-state index contributed by atoms with van der Waals surface area (Å²) in [6.45, 7) is 13.3. The molecule has 8 nitrogen and oxygen atoms in total. The predicted molar refractivity (Wildman–Crippen MR) is 173 cm³/mol. The van der Waals surface area contributed by atoms with E-state index in [0.717, 1.165) is 13.0 Å². The fourth-order valence-electron chi connectivity index (χ4n) is 4.85. The molecule has 262 valence electrons. The molecule has 1 unspecified atom stereocenters. The van der Waals surface area contributed by atoms with E-state index in [1.165, 1.54) is 0 Å². The SMILES string of the molecule is C[C@@H](NC(=O)CC1CC(F)(F)C1)c1ccc2c(c1)nc([C@H](COC(C)(CF)C(F)F)N[S@+]([O-])C(C)(C)C)n2COCC[Si](C)(C)C. The van der Waals surface area contributed by atoms with E-state index >= 15 is 0 Å². The van der Waals surface area contributed by atoms with Gasteiger partial charge in [0.1, 0.15) is 30.0 Å². The van der Waals surface area contributed by atoms with Gasteiger partial charge in [-0.05, 0) is 64.3 Å². The Morgan fingerprint density at radius 3 is 2.41 bits per heavy atom. The topological polar surface area (TPSA) is 100 Å². The summed E-state index contributed by atoms with van der Waals surface area (Å²) < 4.78 is 96.3. The van der Waals surface area contributed by atoms with E-state index in [1.54, 1.807) is 50.5 Å². The van der Waals surface area contributed by atoms with E-state index in [9.17, 15) is 31.3 Å². The molecule has 1 amide bonds. The number of benzene rings is 1. The maximum Gasteiger partial charge on any atom is 0.269 e. The van der Waals surface area contributed by atoms with Crippen LogP contribution < -0.4 is 10.0 Å². The Morgan fingerprint density at radius 1 is 1.22 bits per heavy atom. The van der Waals surface area contributed by atoms with Gasteiger partial charge >= 0.3 is 0 Å². The van der Waals surface area contributed by atoms with Gasteiger partial charge in [0, 0.05) is 45.3 Å². The fraction of sp³-hybridized carbons (Fsp3) is 0.742. The third kappa shape index (κ3) is 10.6. The Morgan fingerprint density at radius 2 is 1.87 bits per heavy atom. The monoisotopic (exact) mass is 696 g/mol. The van der Waals surface area contributed by atoms with Gasteiger partial charge in [-0.3, -0.25) is 4.79 Å². The van der Waals surface area contributed by atoms with Crippen LogP contribution in [0.1, 0.15) is 77.4 Å². The molecule has 15 heteroatoms. The summed E-state index contributed by atoms with van der Waals surface area (Å²) >= 11 is -1.68. The highest BCUT2D eigenvalue weighted by atomic mass is 32.2. The van der Waals surface area contributed by atoms with Crippen molar-refractivity contribution in [3.63, 3.8) is 0 Å². The van der Waals surface area contributed by atoms with Gasteiger partial charge in [0.25, 0.3) is 6.43 Å². The van der Waals surface area contributed by atoms with Gasteiger partial charge in [0.2, 0.25) is 11.8 Å². The summed E-state index contributed by atoms with van der Waals surface area (Å²) in [5.41, 5.74) is -0.532. The maximum atomic E-state index is 13.7. The number of aromatic nitrogens is 2. The third-order valence-electron chi connectivity index (χ3n) is 7.97. The number of hydrogen-bond acceptors (Lipinski definition) is 6. The summed E-state index contributed by atoms with van der Waals surface area (Å²) in [5, 5.41) is 2.87. The highest BCUT2D eigenvalue weighted by molar-refractivity contribution is 7.90. The van der Waals surface area contributed by atoms with E-state index in [4.69, 9.17) is 14.5 Å². The zero-order valence-electron chi connectivity index (χ0n) is 28.0. The van der Waals surface area contributed by atoms with Crippen molar-refractivity contribution < 1.29 is 40.8 Å². The van der Waals surface area contributed by atoms with Gasteiger partial charge < -0.3 is 23.9 Å². The number of nitrogens with zero attached hydrogens (tertiary/aromatic N) is 2. The summed E-state index contributed by atoms with van der Waals surface area (Å²) in [6, 6.07) is 4.82. The average Bonchev–Trinajstić information content (AvgIpc) is 3.28. The molecule has 4 atom stereocenters. The molecule has 46 heavy (non-hydrogen) atoms. The maximum absolute atomic E-state index is 13.7. The van der Waals surface area contributed by atoms with Crippen LogP contribution in [0.2, 0.25) is 25.7 Å². The van der Waals surface area contributed by atoms with Crippen molar-refractivity contribution in [3.8, 4) is 0 Å². The molecule has 1 aromatic heterocycles. The molecule has 1 aromatic carbocycles. The lowest BCUT2D eigenvalue weighted by atomic mass is 9.79. The molecule has 1 heterocycles. The first-order chi connectivity index (χ1) is 21.1. The molecule has 1 aliphatic rings. The molecule has 1 aliphatic carbocycles. The summed E-state index contributed by atoms with van der Waals surface area (Å²) in [5.74, 6) is -3.07. The Balaban J connectivity index is 1.95. The fourth-order valence-corrected chi connectivity index (χ4v) is 6.39. The van der Waals surface area contributed by atoms with Crippen LogP contribution in [-0.4, -0.2) is 70.7 Å². The van der Waals surface area contributed by atoms with Crippen LogP contribution >= 0.6 is 0 Å². The Hall–Kier alpha value is -1.78. The molecule has 0 radical (unpaired) electrons. The molecule has 2 aromatic rings. The van der Waals surface area contributed by atoms with Gasteiger partial charge in [-0.2, -0.15) is 0 Å². The first-order valence-corrected chi connectivity index (χ1v) is 20.4. The van der Waals surface area contributed by atoms with Gasteiger partial charge in [-0.25, -0.2) is 26.9 Å². The third-order valence-corrected chi connectivity index (χ3v) is 11.3. The normalized spacial score (nSPS) is 19.1. The zero-order chi connectivity index (χ0) is 34.7. The van der Waals surface area contributed by atoms with Crippen molar-refractivity contribution in [1.29, 1.82) is 0 Å². The van der Waals surface area contributed by atoms with Crippen LogP contribution in [-0.2, 0) is 32.4 Å². The van der Waals surface area contributed by atoms with Crippen molar-refractivity contribution >= 4 is 36.4 Å². The molecule has 0 spiro atoms. The second-order valence-electron chi connectivity index (χ2n) is 14.7. The number of amides is 1. The highest BCUT2D eigenvalue weighted by Gasteiger charge is 2.46. The van der Waals surface area contributed by atoms with E-state index in [1.807, 2.05) is 0 Å². The number of halogens is 5. The first kappa shape index (κ1) is 38.7. The number of hydrogen-bond donors (Lipinski definition) is 2. The van der Waals surface area contributed by atoms with E-state index in [0.29, 0.717) is 29.0 Å². The van der Waals surface area contributed by atoms with Crippen molar-refractivity contribution in [1.82, 2.24) is 19.6 Å². The molecule has 0 bridgehead atoms. The predicted octanol–water partition coefficient (Wildman–Crippen LogP) is 7.06. The lowest BCUT2D eigenvalue weighted by Crippen LogP contribution is -2.46. The van der Waals surface area contributed by atoms with Crippen LogP contribution in [0.4, 0.5) is 22.0 Å². The van der Waals surface area contributed by atoms with Crippen LogP contribution in [0, 0.1) is 5.92 Å². The number of fused-ring (bicyclic) bond motifs is 1. The number of alkyl halides is 5. The van der Waals surface area contributed by atoms with Crippen molar-refractivity contribution in [2.45, 2.75) is 121 Å². The molecular weight excluding hydrogens is 648 g/mol. The quantitative estimate of drug-likeness (QED) is 0.0795. The summed E-state index contributed by atoms with van der Waals surface area (Å²) in [6.07, 6.45) is -3.66. The Bertz CT molecular complexity index is 1310. The average molecular weight is 697 g/mol. The highest BCUT2D eigenvalue weighted by Crippen LogP contribution is 2.44. The minimum Gasteiger partial charge on any atom is -0.598 e. The number of carbonyl (C=O) groups is 1. The lowest BCUT2D eigenvalue weighted by molar-refractivity contribution is -0.143. The molecular formula is C31H49F5N4O4SSi. The summed E-state index contributed by atoms with van der Waals surface area (Å²) in [4.78, 5) is 17.4. The van der Waals surface area contributed by atoms with Crippen molar-refractivity contribution in [3.05, 3.63) is 29.6 Å². The van der Waals surface area contributed by atoms with Crippen molar-refractivity contribution in [2.75, 3.05) is 19.9 Å². The molecule has 3 rings (SSSR count). The lowest BCUT2D eigenvalue weighted by Gasteiger charge is -2.34. The molecule has 1 fully saturated rings. The Labute approximate surface area is 272 Å². The largest absolute Gasteiger partial charge is 0.598 e. The Kier molecular flexibility index (Phi) is 12.8. The standard InChI is InChI=1S/C31H49F5N4O4SSi/c1-20(37-26(41)13-21-15-31(35,36)16-21)22-9-10-25-23(14-22)38-27(40(25)19-43-11-12-46(6,7)8)24(39-45(42)29(2,3)4)17-44-30(5,18-32)28(33)34/h9-10,14,20-21,24,28,39H,11-13,15-19H2,1-8H3,(H,37,41)/t20-,24+,30?,45-/m1/s1. The molecule has 2 N–H and O–H groups in total. The van der Waals surface area contributed by atoms with E-state index in [2.05, 4.69) is 29.7 Å². The second kappa shape index (κ2) is 15.2. The van der Waals surface area contributed by atoms with Gasteiger partial charge in [-0.15, -0.1) is 4.72 Å².